The minimum atomic E-state index is -0.858. The van der Waals surface area contributed by atoms with Crippen molar-refractivity contribution in [1.82, 2.24) is 20.9 Å². The number of carbonyl (C=O) groups excluding carboxylic acids is 1. The first-order valence-corrected chi connectivity index (χ1v) is 7.34. The number of aliphatic carboxylic acids is 1. The number of amides is 2. The van der Waals surface area contributed by atoms with Gasteiger partial charge in [0, 0.05) is 45.3 Å². The van der Waals surface area contributed by atoms with Gasteiger partial charge >= 0.3 is 12.0 Å². The average molecular weight is 284 g/mol. The molecule has 2 aliphatic rings. The van der Waals surface area contributed by atoms with E-state index in [1.54, 1.807) is 0 Å². The summed E-state index contributed by atoms with van der Waals surface area (Å²) >= 11 is 0. The molecule has 1 aliphatic carbocycles. The molecule has 20 heavy (non-hydrogen) atoms. The van der Waals surface area contributed by atoms with Crippen LogP contribution in [0.2, 0.25) is 0 Å². The van der Waals surface area contributed by atoms with Crippen molar-refractivity contribution in [2.45, 2.75) is 25.3 Å². The molecule has 0 aromatic carbocycles. The van der Waals surface area contributed by atoms with Crippen LogP contribution in [-0.2, 0) is 4.79 Å². The molecule has 0 aromatic heterocycles. The van der Waals surface area contributed by atoms with Gasteiger partial charge in [0.2, 0.25) is 0 Å². The maximum Gasteiger partial charge on any atom is 0.315 e. The van der Waals surface area contributed by atoms with Crippen molar-refractivity contribution in [2.75, 3.05) is 39.3 Å². The summed E-state index contributed by atoms with van der Waals surface area (Å²) in [6, 6.07) is -0.482. The van der Waals surface area contributed by atoms with Crippen molar-refractivity contribution < 1.29 is 14.7 Å². The van der Waals surface area contributed by atoms with Crippen LogP contribution < -0.4 is 16.0 Å². The van der Waals surface area contributed by atoms with Crippen LogP contribution in [-0.4, -0.2) is 67.3 Å². The highest BCUT2D eigenvalue weighted by Crippen LogP contribution is 2.33. The first-order chi connectivity index (χ1) is 9.65. The quantitative estimate of drug-likeness (QED) is 0.503. The summed E-state index contributed by atoms with van der Waals surface area (Å²) in [5, 5.41) is 17.7. The largest absolute Gasteiger partial charge is 0.481 e. The van der Waals surface area contributed by atoms with E-state index < -0.39 is 5.97 Å². The van der Waals surface area contributed by atoms with Crippen LogP contribution in [0.1, 0.15) is 19.3 Å². The first-order valence-electron chi connectivity index (χ1n) is 7.34. The topological polar surface area (TPSA) is 93.7 Å². The van der Waals surface area contributed by atoms with E-state index in [1.165, 1.54) is 0 Å². The molecular formula is C13H24N4O3. The predicted molar refractivity (Wildman–Crippen MR) is 74.6 cm³/mol. The van der Waals surface area contributed by atoms with Crippen molar-refractivity contribution in [1.29, 1.82) is 0 Å². The summed E-state index contributed by atoms with van der Waals surface area (Å²) in [6.45, 7) is 5.43. The lowest BCUT2D eigenvalue weighted by Crippen LogP contribution is -2.49. The van der Waals surface area contributed by atoms with Gasteiger partial charge < -0.3 is 21.1 Å². The molecule has 1 saturated heterocycles. The van der Waals surface area contributed by atoms with E-state index in [1.807, 2.05) is 0 Å². The third-order valence-corrected chi connectivity index (χ3v) is 3.83. The number of carboxylic acid groups (broad SMARTS) is 1. The summed E-state index contributed by atoms with van der Waals surface area (Å²) < 4.78 is 0. The zero-order chi connectivity index (χ0) is 14.4. The number of nitrogens with one attached hydrogen (secondary N) is 3. The Labute approximate surface area is 119 Å². The predicted octanol–water partition coefficient (Wildman–Crippen LogP) is -0.556. The lowest BCUT2D eigenvalue weighted by molar-refractivity contribution is -0.137. The molecule has 0 aromatic rings. The van der Waals surface area contributed by atoms with E-state index in [-0.39, 0.29) is 18.5 Å². The molecule has 0 bridgehead atoms. The van der Waals surface area contributed by atoms with E-state index in [4.69, 9.17) is 5.11 Å². The van der Waals surface area contributed by atoms with Gasteiger partial charge in [-0.3, -0.25) is 9.69 Å². The van der Waals surface area contributed by atoms with Crippen LogP contribution in [0, 0.1) is 5.92 Å². The lowest BCUT2D eigenvalue weighted by Gasteiger charge is -2.27. The number of urea groups is 1. The second-order valence-corrected chi connectivity index (χ2v) is 5.53. The molecule has 0 spiro atoms. The molecule has 114 valence electrons. The van der Waals surface area contributed by atoms with Gasteiger partial charge in [-0.15, -0.1) is 0 Å². The molecule has 7 nitrogen and oxygen atoms in total. The van der Waals surface area contributed by atoms with Crippen molar-refractivity contribution in [3.63, 3.8) is 0 Å². The number of rotatable bonds is 7. The van der Waals surface area contributed by atoms with Crippen LogP contribution in [0.25, 0.3) is 0 Å². The SMILES string of the molecule is O=C(O)CC(NC(=O)NCCN1CCNCC1)C1CC1. The van der Waals surface area contributed by atoms with Crippen molar-refractivity contribution >= 4 is 12.0 Å². The minimum absolute atomic E-state index is 0.00980. The van der Waals surface area contributed by atoms with E-state index in [9.17, 15) is 9.59 Å². The Morgan fingerprint density at radius 2 is 2.00 bits per heavy atom. The molecule has 1 heterocycles. The number of carbonyl (C=O) groups is 2. The maximum atomic E-state index is 11.8. The standard InChI is InChI=1S/C13H24N4O3/c18-12(19)9-11(10-1-2-10)16-13(20)15-5-8-17-6-3-14-4-7-17/h10-11,14H,1-9H2,(H,18,19)(H2,15,16,20). The van der Waals surface area contributed by atoms with Gasteiger partial charge in [0.05, 0.1) is 6.42 Å². The monoisotopic (exact) mass is 284 g/mol. The summed E-state index contributed by atoms with van der Waals surface area (Å²) in [6.07, 6.45) is 2.04. The smallest absolute Gasteiger partial charge is 0.315 e. The molecule has 1 aliphatic heterocycles. The van der Waals surface area contributed by atoms with Gasteiger partial charge in [-0.1, -0.05) is 0 Å². The number of hydrogen-bond acceptors (Lipinski definition) is 4. The minimum Gasteiger partial charge on any atom is -0.481 e. The van der Waals surface area contributed by atoms with Crippen molar-refractivity contribution in [3.05, 3.63) is 0 Å². The van der Waals surface area contributed by atoms with Crippen molar-refractivity contribution in [3.8, 4) is 0 Å². The molecule has 0 radical (unpaired) electrons. The first kappa shape index (κ1) is 15.1. The molecule has 4 N–H and O–H groups in total. The molecule has 7 heteroatoms. The van der Waals surface area contributed by atoms with E-state index >= 15 is 0 Å². The van der Waals surface area contributed by atoms with Crippen LogP contribution >= 0.6 is 0 Å². The van der Waals surface area contributed by atoms with Gasteiger partial charge in [-0.2, -0.15) is 0 Å². The highest BCUT2D eigenvalue weighted by Gasteiger charge is 2.33. The summed E-state index contributed by atoms with van der Waals surface area (Å²) in [7, 11) is 0. The molecule has 2 rings (SSSR count). The van der Waals surface area contributed by atoms with E-state index in [0.29, 0.717) is 12.5 Å². The Morgan fingerprint density at radius 3 is 2.60 bits per heavy atom. The van der Waals surface area contributed by atoms with Gasteiger partial charge in [0.25, 0.3) is 0 Å². The highest BCUT2D eigenvalue weighted by atomic mass is 16.4. The second-order valence-electron chi connectivity index (χ2n) is 5.53. The number of nitrogens with zero attached hydrogens (tertiary/aromatic N) is 1. The fraction of sp³-hybridized carbons (Fsp3) is 0.846. The van der Waals surface area contributed by atoms with Crippen molar-refractivity contribution in [2.24, 2.45) is 5.92 Å². The normalized spacial score (nSPS) is 21.2. The van der Waals surface area contributed by atoms with E-state index in [0.717, 1.165) is 45.6 Å². The molecule has 1 atom stereocenters. The van der Waals surface area contributed by atoms with Crippen LogP contribution in [0.5, 0.6) is 0 Å². The van der Waals surface area contributed by atoms with Crippen LogP contribution in [0.15, 0.2) is 0 Å². The Balaban J connectivity index is 1.62. The Bertz CT molecular complexity index is 341. The summed E-state index contributed by atoms with van der Waals surface area (Å²) in [5.74, 6) is -0.520. The number of piperazine rings is 1. The van der Waals surface area contributed by atoms with Crippen LogP contribution in [0.4, 0.5) is 4.79 Å². The van der Waals surface area contributed by atoms with Gasteiger partial charge in [0.1, 0.15) is 0 Å². The average Bonchev–Trinajstić information content (AvgIpc) is 3.23. The lowest BCUT2D eigenvalue weighted by atomic mass is 10.1. The zero-order valence-electron chi connectivity index (χ0n) is 11.7. The Morgan fingerprint density at radius 1 is 1.30 bits per heavy atom. The fourth-order valence-corrected chi connectivity index (χ4v) is 2.50. The summed E-state index contributed by atoms with van der Waals surface area (Å²) in [4.78, 5) is 24.8. The highest BCUT2D eigenvalue weighted by molar-refractivity contribution is 5.75. The Hall–Kier alpha value is -1.34. The van der Waals surface area contributed by atoms with E-state index in [2.05, 4.69) is 20.9 Å². The van der Waals surface area contributed by atoms with Gasteiger partial charge in [-0.05, 0) is 18.8 Å². The third-order valence-electron chi connectivity index (χ3n) is 3.83. The zero-order valence-corrected chi connectivity index (χ0v) is 11.7. The van der Waals surface area contributed by atoms with Gasteiger partial charge in [0.15, 0.2) is 0 Å². The molecule has 1 unspecified atom stereocenters. The molecular weight excluding hydrogens is 260 g/mol. The fourth-order valence-electron chi connectivity index (χ4n) is 2.50. The third kappa shape index (κ3) is 5.34. The molecule has 2 fully saturated rings. The van der Waals surface area contributed by atoms with Crippen LogP contribution in [0.3, 0.4) is 0 Å². The maximum absolute atomic E-state index is 11.8. The summed E-state index contributed by atoms with van der Waals surface area (Å²) in [5.41, 5.74) is 0. The second kappa shape index (κ2) is 7.44. The molecule has 2 amide bonds. The number of carboxylic acids is 1. The Kier molecular flexibility index (Phi) is 5.60. The molecule has 1 saturated carbocycles. The number of hydrogen-bond donors (Lipinski definition) is 4. The van der Waals surface area contributed by atoms with Gasteiger partial charge in [-0.25, -0.2) is 4.79 Å².